The molecule has 3 atom stereocenters. The number of aromatic nitrogens is 1. The fourth-order valence-corrected chi connectivity index (χ4v) is 5.95. The zero-order valence-electron chi connectivity index (χ0n) is 24.7. The number of rotatable bonds is 10. The van der Waals surface area contributed by atoms with E-state index in [-0.39, 0.29) is 25.1 Å². The molecule has 0 saturated carbocycles. The summed E-state index contributed by atoms with van der Waals surface area (Å²) in [5, 5.41) is 14.5. The van der Waals surface area contributed by atoms with Crippen LogP contribution in [0.1, 0.15) is 42.6 Å². The first-order chi connectivity index (χ1) is 20.7. The molecule has 2 unspecified atom stereocenters. The first-order valence-corrected chi connectivity index (χ1v) is 14.9. The summed E-state index contributed by atoms with van der Waals surface area (Å²) in [5.41, 5.74) is 3.74. The first-order valence-electron chi connectivity index (χ1n) is 14.5. The van der Waals surface area contributed by atoms with Crippen molar-refractivity contribution in [3.8, 4) is 5.75 Å². The molecule has 3 aromatic rings. The van der Waals surface area contributed by atoms with Crippen molar-refractivity contribution in [3.05, 3.63) is 88.3 Å². The highest BCUT2D eigenvalue weighted by Gasteiger charge is 2.45. The van der Waals surface area contributed by atoms with Gasteiger partial charge in [-0.25, -0.2) is 4.79 Å². The van der Waals surface area contributed by atoms with E-state index in [0.717, 1.165) is 27.7 Å². The van der Waals surface area contributed by atoms with Crippen molar-refractivity contribution in [2.45, 2.75) is 45.3 Å². The Balaban J connectivity index is 1.32. The van der Waals surface area contributed by atoms with E-state index in [4.69, 9.17) is 25.8 Å². The number of methoxy groups -OCH3 is 1. The van der Waals surface area contributed by atoms with Crippen molar-refractivity contribution < 1.29 is 28.9 Å². The second-order valence-corrected chi connectivity index (χ2v) is 11.8. The quantitative estimate of drug-likeness (QED) is 0.276. The Morgan fingerprint density at radius 1 is 1.23 bits per heavy atom. The number of hydrogen-bond donors (Lipinski definition) is 3. The lowest BCUT2D eigenvalue weighted by atomic mass is 9.72. The third-order valence-corrected chi connectivity index (χ3v) is 8.31. The summed E-state index contributed by atoms with van der Waals surface area (Å²) in [4.78, 5) is 30.6. The van der Waals surface area contributed by atoms with Crippen LogP contribution in [-0.2, 0) is 20.7 Å². The Bertz CT molecular complexity index is 1530. The largest absolute Gasteiger partial charge is 0.494 e. The van der Waals surface area contributed by atoms with Gasteiger partial charge in [0.05, 0.1) is 18.8 Å². The molecular formula is C33H38ClN3O6. The number of H-pyrrole nitrogens is 1. The number of carbonyl (C=O) groups excluding carboxylic acids is 2. The van der Waals surface area contributed by atoms with Crippen LogP contribution in [0.4, 0.5) is 4.79 Å². The van der Waals surface area contributed by atoms with E-state index in [2.05, 4.69) is 23.3 Å². The van der Waals surface area contributed by atoms with E-state index in [1.807, 2.05) is 66.4 Å². The third-order valence-electron chi connectivity index (χ3n) is 8.08. The van der Waals surface area contributed by atoms with Gasteiger partial charge >= 0.3 is 6.09 Å². The first kappa shape index (κ1) is 30.7. The Labute approximate surface area is 256 Å². The second-order valence-electron chi connectivity index (χ2n) is 11.4. The van der Waals surface area contributed by atoms with E-state index in [9.17, 15) is 14.7 Å². The van der Waals surface area contributed by atoms with Gasteiger partial charge in [0.15, 0.2) is 0 Å². The number of amides is 2. The maximum absolute atomic E-state index is 13.7. The van der Waals surface area contributed by atoms with E-state index < -0.39 is 17.6 Å². The molecule has 1 aliphatic heterocycles. The summed E-state index contributed by atoms with van der Waals surface area (Å²) < 4.78 is 16.6. The molecule has 9 nitrogen and oxygen atoms in total. The number of nitrogens with one attached hydrogen (secondary N) is 2. The molecule has 1 aromatic heterocycles. The topological polar surface area (TPSA) is 113 Å². The second kappa shape index (κ2) is 13.2. The van der Waals surface area contributed by atoms with Gasteiger partial charge in [-0.2, -0.15) is 0 Å². The highest BCUT2D eigenvalue weighted by Crippen LogP contribution is 2.49. The summed E-state index contributed by atoms with van der Waals surface area (Å²) in [6, 6.07) is 12.9. The highest BCUT2D eigenvalue weighted by atomic mass is 35.5. The van der Waals surface area contributed by atoms with Gasteiger partial charge in [-0.1, -0.05) is 42.3 Å². The summed E-state index contributed by atoms with van der Waals surface area (Å²) in [7, 11) is 1.44. The number of aliphatic hydroxyl groups is 1. The number of allylic oxidation sites excluding steroid dienone is 2. The van der Waals surface area contributed by atoms with Gasteiger partial charge in [-0.3, -0.25) is 9.69 Å². The molecule has 1 aliphatic carbocycles. The van der Waals surface area contributed by atoms with Gasteiger partial charge in [0.1, 0.15) is 18.1 Å². The molecule has 2 aliphatic rings. The molecular weight excluding hydrogens is 570 g/mol. The molecule has 2 amide bonds. The number of ether oxygens (including phenoxy) is 3. The molecule has 3 N–H and O–H groups in total. The number of aliphatic hydroxyl groups excluding tert-OH is 1. The lowest BCUT2D eigenvalue weighted by Crippen LogP contribution is -2.48. The highest BCUT2D eigenvalue weighted by molar-refractivity contribution is 6.31. The standard InChI is InChI=1S/C33H38ClN3O6/c1-21-4-7-25(8-5-21)43-32(40)37-16-12-26-27-18-22(34)6-9-28(27)36-30(26)31(37)33(2)14-10-24(11-15-33)42-17-13-23(38)19-35-29(39)20-41-3/h4-11,14,18,23,31,36,38H,12-13,15-17,19-20H2,1-3H3,(H,35,39)/t23?,31-,33?/m1/s1. The molecule has 0 saturated heterocycles. The molecule has 0 bridgehead atoms. The predicted octanol–water partition coefficient (Wildman–Crippen LogP) is 5.61. The lowest BCUT2D eigenvalue weighted by molar-refractivity contribution is -0.125. The van der Waals surface area contributed by atoms with Crippen molar-refractivity contribution in [3.63, 3.8) is 0 Å². The summed E-state index contributed by atoms with van der Waals surface area (Å²) >= 11 is 6.36. The lowest BCUT2D eigenvalue weighted by Gasteiger charge is -2.45. The van der Waals surface area contributed by atoms with Crippen LogP contribution in [0.3, 0.4) is 0 Å². The maximum Gasteiger partial charge on any atom is 0.415 e. The van der Waals surface area contributed by atoms with Gasteiger partial charge in [-0.15, -0.1) is 0 Å². The fraction of sp³-hybridized carbons (Fsp3) is 0.394. The average Bonchev–Trinajstić information content (AvgIpc) is 3.35. The predicted molar refractivity (Wildman–Crippen MR) is 165 cm³/mol. The smallest absolute Gasteiger partial charge is 0.415 e. The summed E-state index contributed by atoms with van der Waals surface area (Å²) in [6.07, 6.45) is 6.55. The maximum atomic E-state index is 13.7. The molecule has 2 aromatic carbocycles. The fourth-order valence-electron chi connectivity index (χ4n) is 5.78. The molecule has 5 rings (SSSR count). The molecule has 228 valence electrons. The number of benzene rings is 2. The van der Waals surface area contributed by atoms with Crippen LogP contribution in [0.15, 0.2) is 66.5 Å². The number of nitrogens with zero attached hydrogens (tertiary/aromatic N) is 1. The third kappa shape index (κ3) is 7.06. The van der Waals surface area contributed by atoms with E-state index >= 15 is 0 Å². The van der Waals surface area contributed by atoms with E-state index in [1.165, 1.54) is 7.11 Å². The van der Waals surface area contributed by atoms with Crippen molar-refractivity contribution in [1.29, 1.82) is 0 Å². The van der Waals surface area contributed by atoms with Gasteiger partial charge in [0.25, 0.3) is 0 Å². The van der Waals surface area contributed by atoms with Crippen LogP contribution in [0.5, 0.6) is 5.75 Å². The van der Waals surface area contributed by atoms with Gasteiger partial charge in [0.2, 0.25) is 5.91 Å². The Kier molecular flexibility index (Phi) is 9.44. The van der Waals surface area contributed by atoms with E-state index in [0.29, 0.717) is 48.9 Å². The van der Waals surface area contributed by atoms with Crippen LogP contribution in [0.25, 0.3) is 10.9 Å². The summed E-state index contributed by atoms with van der Waals surface area (Å²) in [6.45, 7) is 5.00. The van der Waals surface area contributed by atoms with Crippen LogP contribution < -0.4 is 10.1 Å². The molecule has 2 heterocycles. The number of aromatic amines is 1. The SMILES string of the molecule is COCC(=O)NCC(O)CCOC1=CCC(C)([C@H]2c3[nH]c4ccc(Cl)cc4c3CCN2C(=O)Oc2ccc(C)cc2)C=C1. The number of carbonyl (C=O) groups is 2. The minimum atomic E-state index is -0.733. The van der Waals surface area contributed by atoms with Crippen LogP contribution in [0.2, 0.25) is 5.02 Å². The minimum absolute atomic E-state index is 0.0461. The normalized spacial score (nSPS) is 20.3. The van der Waals surface area contributed by atoms with Crippen LogP contribution in [0, 0.1) is 12.3 Å². The van der Waals surface area contributed by atoms with Gasteiger partial charge in [0, 0.05) is 53.7 Å². The van der Waals surface area contributed by atoms with Crippen molar-refractivity contribution in [1.82, 2.24) is 15.2 Å². The molecule has 0 spiro atoms. The zero-order chi connectivity index (χ0) is 30.6. The Hall–Kier alpha value is -3.79. The van der Waals surface area contributed by atoms with Crippen molar-refractivity contribution in [2.75, 3.05) is 33.4 Å². The molecule has 0 radical (unpaired) electrons. The molecule has 0 fully saturated rings. The number of aryl methyl sites for hydroxylation is 1. The average molecular weight is 608 g/mol. The number of fused-ring (bicyclic) bond motifs is 3. The summed E-state index contributed by atoms with van der Waals surface area (Å²) in [5.74, 6) is 0.922. The minimum Gasteiger partial charge on any atom is -0.494 e. The zero-order valence-corrected chi connectivity index (χ0v) is 25.4. The van der Waals surface area contributed by atoms with Gasteiger partial charge in [-0.05, 0) is 67.8 Å². The number of halogens is 1. The Morgan fingerprint density at radius 2 is 2.02 bits per heavy atom. The molecule has 10 heteroatoms. The van der Waals surface area contributed by atoms with E-state index in [1.54, 1.807) is 0 Å². The Morgan fingerprint density at radius 3 is 2.74 bits per heavy atom. The van der Waals surface area contributed by atoms with Crippen LogP contribution in [-0.4, -0.2) is 66.5 Å². The van der Waals surface area contributed by atoms with Crippen molar-refractivity contribution in [2.24, 2.45) is 5.41 Å². The van der Waals surface area contributed by atoms with Crippen molar-refractivity contribution >= 4 is 34.5 Å². The van der Waals surface area contributed by atoms with Crippen LogP contribution >= 0.6 is 11.6 Å². The van der Waals surface area contributed by atoms with Gasteiger partial charge < -0.3 is 29.6 Å². The number of hydrogen-bond acceptors (Lipinski definition) is 6. The molecule has 43 heavy (non-hydrogen) atoms. The monoisotopic (exact) mass is 607 g/mol.